The second-order valence-electron chi connectivity index (χ2n) is 9.41. The van der Waals surface area contributed by atoms with Crippen LogP contribution in [0.2, 0.25) is 0 Å². The number of methoxy groups -OCH3 is 1. The van der Waals surface area contributed by atoms with Crippen molar-refractivity contribution in [2.24, 2.45) is 0 Å². The largest absolute Gasteiger partial charge is 0.497 e. The molecular weight excluding hydrogens is 420 g/mol. The Morgan fingerprint density at radius 3 is 2.88 bits per heavy atom. The lowest BCUT2D eigenvalue weighted by Gasteiger charge is -2.23. The van der Waals surface area contributed by atoms with Crippen molar-refractivity contribution in [3.63, 3.8) is 0 Å². The van der Waals surface area contributed by atoms with Crippen LogP contribution in [0.1, 0.15) is 44.9 Å². The normalized spacial score (nSPS) is 17.6. The molecule has 10 heteroatoms. The van der Waals surface area contributed by atoms with Crippen molar-refractivity contribution >= 4 is 28.2 Å². The molecule has 1 aliphatic rings. The number of aliphatic hydroxyl groups is 1. The van der Waals surface area contributed by atoms with E-state index in [1.807, 2.05) is 30.6 Å². The molecule has 1 unspecified atom stereocenters. The number of aromatic nitrogens is 6. The van der Waals surface area contributed by atoms with Crippen molar-refractivity contribution in [3.8, 4) is 5.75 Å². The fourth-order valence-corrected chi connectivity index (χ4v) is 4.51. The number of nitrogens with zero attached hydrogens (tertiary/aromatic N) is 7. The minimum atomic E-state index is -0.814. The van der Waals surface area contributed by atoms with Gasteiger partial charge < -0.3 is 20.5 Å². The lowest BCUT2D eigenvalue weighted by molar-refractivity contribution is 0.0577. The Labute approximate surface area is 192 Å². The van der Waals surface area contributed by atoms with Gasteiger partial charge in [0.2, 0.25) is 5.95 Å². The molecule has 3 N–H and O–H groups in total. The van der Waals surface area contributed by atoms with Gasteiger partial charge in [0.15, 0.2) is 11.5 Å². The number of fused-ring (bicyclic) bond motifs is 3. The van der Waals surface area contributed by atoms with Crippen LogP contribution in [-0.2, 0) is 6.54 Å². The molecular formula is C23H30N8O2. The SMILES string of the molecule is COc1ccc2c(c1)nc(N)n1nc(C3CCCCN(c4cnn(CC(C)(C)O)c4)C3)nc21. The first kappa shape index (κ1) is 21.4. The maximum Gasteiger partial charge on any atom is 0.223 e. The average Bonchev–Trinajstić information content (AvgIpc) is 3.34. The highest BCUT2D eigenvalue weighted by Gasteiger charge is 2.26. The lowest BCUT2D eigenvalue weighted by atomic mass is 10.0. The van der Waals surface area contributed by atoms with Gasteiger partial charge in [-0.2, -0.15) is 9.61 Å². The van der Waals surface area contributed by atoms with Crippen LogP contribution in [0, 0.1) is 0 Å². The van der Waals surface area contributed by atoms with Gasteiger partial charge in [-0.1, -0.05) is 6.42 Å². The van der Waals surface area contributed by atoms with Gasteiger partial charge in [-0.05, 0) is 38.8 Å². The average molecular weight is 451 g/mol. The summed E-state index contributed by atoms with van der Waals surface area (Å²) in [6.07, 6.45) is 7.06. The molecule has 0 spiro atoms. The minimum Gasteiger partial charge on any atom is -0.497 e. The third kappa shape index (κ3) is 4.30. The van der Waals surface area contributed by atoms with Crippen LogP contribution in [0.5, 0.6) is 5.75 Å². The summed E-state index contributed by atoms with van der Waals surface area (Å²) in [6, 6.07) is 5.71. The van der Waals surface area contributed by atoms with Gasteiger partial charge in [-0.15, -0.1) is 5.10 Å². The molecule has 0 radical (unpaired) electrons. The Morgan fingerprint density at radius 1 is 1.24 bits per heavy atom. The van der Waals surface area contributed by atoms with E-state index in [1.54, 1.807) is 30.2 Å². The summed E-state index contributed by atoms with van der Waals surface area (Å²) >= 11 is 0. The van der Waals surface area contributed by atoms with Gasteiger partial charge in [-0.3, -0.25) is 4.68 Å². The lowest BCUT2D eigenvalue weighted by Crippen LogP contribution is -2.28. The highest BCUT2D eigenvalue weighted by molar-refractivity contribution is 5.93. The van der Waals surface area contributed by atoms with Gasteiger partial charge in [-0.25, -0.2) is 9.97 Å². The number of hydrogen-bond donors (Lipinski definition) is 2. The fraction of sp³-hybridized carbons (Fsp3) is 0.478. The molecule has 1 saturated heterocycles. The van der Waals surface area contributed by atoms with Gasteiger partial charge in [0, 0.05) is 36.7 Å². The second-order valence-corrected chi connectivity index (χ2v) is 9.41. The Kier molecular flexibility index (Phi) is 5.32. The molecule has 4 heterocycles. The van der Waals surface area contributed by atoms with Crippen LogP contribution in [0.3, 0.4) is 0 Å². The van der Waals surface area contributed by atoms with Crippen molar-refractivity contribution in [1.82, 2.24) is 29.4 Å². The topological polar surface area (TPSA) is 120 Å². The Balaban J connectivity index is 1.46. The number of hydrogen-bond acceptors (Lipinski definition) is 8. The first-order valence-corrected chi connectivity index (χ1v) is 11.3. The van der Waals surface area contributed by atoms with E-state index in [1.165, 1.54) is 0 Å². The maximum absolute atomic E-state index is 10.1. The number of ether oxygens (including phenoxy) is 1. The number of anilines is 2. The summed E-state index contributed by atoms with van der Waals surface area (Å²) < 4.78 is 8.76. The highest BCUT2D eigenvalue weighted by Crippen LogP contribution is 2.30. The Bertz CT molecular complexity index is 1290. The van der Waals surface area contributed by atoms with E-state index < -0.39 is 5.60 Å². The van der Waals surface area contributed by atoms with Crippen molar-refractivity contribution < 1.29 is 9.84 Å². The smallest absolute Gasteiger partial charge is 0.223 e. The molecule has 5 rings (SSSR count). The van der Waals surface area contributed by atoms with E-state index in [0.29, 0.717) is 18.1 Å². The van der Waals surface area contributed by atoms with Crippen molar-refractivity contribution in [2.45, 2.75) is 51.2 Å². The molecule has 174 valence electrons. The minimum absolute atomic E-state index is 0.165. The Morgan fingerprint density at radius 2 is 2.09 bits per heavy atom. The summed E-state index contributed by atoms with van der Waals surface area (Å²) in [7, 11) is 1.63. The molecule has 10 nitrogen and oxygen atoms in total. The van der Waals surface area contributed by atoms with Crippen LogP contribution in [-0.4, -0.2) is 60.3 Å². The standard InChI is InChI=1S/C23H30N8O2/c1-23(2,32)14-30-13-16(11-25-30)29-9-5-4-6-15(12-29)20-27-21-18-8-7-17(33-3)10-19(18)26-22(24)31(21)28-20/h7-8,10-11,13,15,32H,4-6,9,12,14H2,1-3H3,(H2,24,26). The van der Waals surface area contributed by atoms with Crippen LogP contribution in [0.4, 0.5) is 11.6 Å². The zero-order chi connectivity index (χ0) is 23.2. The quantitative estimate of drug-likeness (QED) is 0.476. The van der Waals surface area contributed by atoms with Gasteiger partial charge in [0.25, 0.3) is 0 Å². The molecule has 1 aromatic carbocycles. The van der Waals surface area contributed by atoms with Crippen LogP contribution >= 0.6 is 0 Å². The van der Waals surface area contributed by atoms with E-state index in [9.17, 15) is 5.11 Å². The summed E-state index contributed by atoms with van der Waals surface area (Å²) in [5.74, 6) is 1.98. The number of nitrogens with two attached hydrogens (primary N) is 1. The van der Waals surface area contributed by atoms with E-state index in [0.717, 1.165) is 60.5 Å². The van der Waals surface area contributed by atoms with E-state index in [2.05, 4.69) is 15.0 Å². The summed E-state index contributed by atoms with van der Waals surface area (Å²) in [6.45, 7) is 5.76. The predicted octanol–water partition coefficient (Wildman–Crippen LogP) is 2.61. The monoisotopic (exact) mass is 450 g/mol. The molecule has 0 aliphatic carbocycles. The highest BCUT2D eigenvalue weighted by atomic mass is 16.5. The van der Waals surface area contributed by atoms with Crippen molar-refractivity contribution in [1.29, 1.82) is 0 Å². The molecule has 3 aromatic heterocycles. The van der Waals surface area contributed by atoms with Crippen LogP contribution < -0.4 is 15.4 Å². The molecule has 4 aromatic rings. The third-order valence-corrected chi connectivity index (χ3v) is 6.09. The van der Waals surface area contributed by atoms with Crippen LogP contribution in [0.15, 0.2) is 30.6 Å². The van der Waals surface area contributed by atoms with Crippen molar-refractivity contribution in [3.05, 3.63) is 36.4 Å². The summed E-state index contributed by atoms with van der Waals surface area (Å²) in [5.41, 5.74) is 7.91. The molecule has 0 saturated carbocycles. The van der Waals surface area contributed by atoms with E-state index in [4.69, 9.17) is 20.6 Å². The fourth-order valence-electron chi connectivity index (χ4n) is 4.51. The predicted molar refractivity (Wildman–Crippen MR) is 127 cm³/mol. The van der Waals surface area contributed by atoms with Gasteiger partial charge >= 0.3 is 0 Å². The van der Waals surface area contributed by atoms with E-state index in [-0.39, 0.29) is 5.92 Å². The molecule has 1 fully saturated rings. The number of benzene rings is 1. The van der Waals surface area contributed by atoms with Crippen LogP contribution in [0.25, 0.3) is 16.6 Å². The third-order valence-electron chi connectivity index (χ3n) is 6.09. The zero-order valence-electron chi connectivity index (χ0n) is 19.3. The number of nitrogen functional groups attached to an aromatic ring is 1. The zero-order valence-corrected chi connectivity index (χ0v) is 19.3. The molecule has 0 amide bonds. The summed E-state index contributed by atoms with van der Waals surface area (Å²) in [4.78, 5) is 11.8. The van der Waals surface area contributed by atoms with Crippen molar-refractivity contribution in [2.75, 3.05) is 30.8 Å². The Hall–Kier alpha value is -3.40. The summed E-state index contributed by atoms with van der Waals surface area (Å²) in [5, 5.41) is 20.2. The molecule has 33 heavy (non-hydrogen) atoms. The first-order chi connectivity index (χ1) is 15.8. The van der Waals surface area contributed by atoms with Gasteiger partial charge in [0.05, 0.1) is 36.7 Å². The molecule has 0 bridgehead atoms. The second kappa shape index (κ2) is 8.18. The number of rotatable bonds is 5. The van der Waals surface area contributed by atoms with E-state index >= 15 is 0 Å². The molecule has 1 atom stereocenters. The molecule has 1 aliphatic heterocycles. The van der Waals surface area contributed by atoms with Gasteiger partial charge in [0.1, 0.15) is 5.75 Å². The first-order valence-electron chi connectivity index (χ1n) is 11.3. The maximum atomic E-state index is 10.1.